The van der Waals surface area contributed by atoms with Crippen LogP contribution in [0.25, 0.3) is 0 Å². The molecule has 254 valence electrons. The number of rotatable bonds is 10. The third kappa shape index (κ3) is 15.7. The summed E-state index contributed by atoms with van der Waals surface area (Å²) in [5.74, 6) is -3.55. The van der Waals surface area contributed by atoms with Crippen molar-refractivity contribution in [1.29, 1.82) is 0 Å². The Morgan fingerprint density at radius 1 is 0.705 bits per heavy atom. The maximum Gasteiger partial charge on any atom is 0.471 e. The fourth-order valence-electron chi connectivity index (χ4n) is 3.81. The van der Waals surface area contributed by atoms with Gasteiger partial charge in [0.05, 0.1) is 4.47 Å². The molecule has 0 aliphatic carbocycles. The second-order valence-electron chi connectivity index (χ2n) is 10.7. The molecule has 44 heavy (non-hydrogen) atoms. The average Bonchev–Trinajstić information content (AvgIpc) is 2.85. The third-order valence-electron chi connectivity index (χ3n) is 6.40. The van der Waals surface area contributed by atoms with Gasteiger partial charge in [-0.15, -0.1) is 0 Å². The number of carbonyl (C=O) groups is 2. The molecule has 0 bridgehead atoms. The van der Waals surface area contributed by atoms with Crippen molar-refractivity contribution in [2.75, 3.05) is 13.1 Å². The van der Waals surface area contributed by atoms with Gasteiger partial charge in [-0.3, -0.25) is 9.59 Å². The summed E-state index contributed by atoms with van der Waals surface area (Å²) in [5.41, 5.74) is 1.17. The van der Waals surface area contributed by atoms with Gasteiger partial charge in [-0.1, -0.05) is 68.2 Å². The van der Waals surface area contributed by atoms with Crippen LogP contribution in [-0.4, -0.2) is 47.5 Å². The zero-order valence-corrected chi connectivity index (χ0v) is 24.7. The summed E-state index contributed by atoms with van der Waals surface area (Å²) in [6.45, 7) is 7.67. The number of hydrogen-bond acceptors (Lipinski definition) is 4. The maximum absolute atomic E-state index is 12.0. The normalized spacial score (nSPS) is 11.4. The average molecular weight is 706 g/mol. The summed E-state index contributed by atoms with van der Waals surface area (Å²) in [4.78, 5) is 21.3. The van der Waals surface area contributed by atoms with E-state index >= 15 is 0 Å². The van der Waals surface area contributed by atoms with Crippen LogP contribution in [0.2, 0.25) is 0 Å². The van der Waals surface area contributed by atoms with Gasteiger partial charge >= 0.3 is 24.2 Å². The van der Waals surface area contributed by atoms with E-state index in [1.807, 2.05) is 50.5 Å². The van der Waals surface area contributed by atoms with E-state index in [2.05, 4.69) is 15.9 Å². The summed E-state index contributed by atoms with van der Waals surface area (Å²) in [6, 6.07) is 12.0. The van der Waals surface area contributed by atoms with Crippen molar-refractivity contribution in [3.63, 3.8) is 0 Å². The molecule has 0 spiro atoms. The Morgan fingerprint density at radius 3 is 1.48 bits per heavy atom. The van der Waals surface area contributed by atoms with Crippen LogP contribution < -0.4 is 10.6 Å². The highest BCUT2D eigenvalue weighted by atomic mass is 79.9. The van der Waals surface area contributed by atoms with E-state index in [1.165, 1.54) is 0 Å². The van der Waals surface area contributed by atoms with E-state index < -0.39 is 24.2 Å². The van der Waals surface area contributed by atoms with Crippen LogP contribution >= 0.6 is 15.9 Å². The number of nitrogens with one attached hydrogen (secondary N) is 2. The van der Waals surface area contributed by atoms with Crippen LogP contribution in [0.15, 0.2) is 46.9 Å². The minimum atomic E-state index is -4.84. The molecule has 2 rings (SSSR count). The molecule has 2 amide bonds. The fourth-order valence-corrected chi connectivity index (χ4v) is 4.06. The van der Waals surface area contributed by atoms with Crippen LogP contribution in [0, 0.1) is 0 Å². The van der Waals surface area contributed by atoms with Crippen LogP contribution in [0.3, 0.4) is 0 Å². The smallest absolute Gasteiger partial charge is 0.471 e. The second kappa shape index (κ2) is 18.8. The van der Waals surface area contributed by atoms with Crippen LogP contribution in [0.1, 0.15) is 86.8 Å². The van der Waals surface area contributed by atoms with Crippen molar-refractivity contribution < 1.29 is 46.1 Å². The van der Waals surface area contributed by atoms with E-state index in [9.17, 15) is 46.1 Å². The minimum absolute atomic E-state index is 0. The molecular weight excluding hydrogens is 658 g/mol. The van der Waals surface area contributed by atoms with Crippen molar-refractivity contribution in [3.8, 4) is 11.5 Å². The first-order valence-electron chi connectivity index (χ1n) is 12.7. The van der Waals surface area contributed by atoms with E-state index in [0.29, 0.717) is 30.2 Å². The molecular formula is C31H47BrF6N2O4. The first-order chi connectivity index (χ1) is 18.7. The molecule has 0 atom stereocenters. The zero-order valence-electron chi connectivity index (χ0n) is 23.1. The van der Waals surface area contributed by atoms with Gasteiger partial charge in [0.2, 0.25) is 0 Å². The molecule has 0 radical (unpaired) electrons. The van der Waals surface area contributed by atoms with Gasteiger partial charge in [0.25, 0.3) is 0 Å². The molecule has 13 heteroatoms. The van der Waals surface area contributed by atoms with Crippen molar-refractivity contribution >= 4 is 27.7 Å². The Balaban J connectivity index is -0.000000716. The lowest BCUT2D eigenvalue weighted by atomic mass is 9.80. The number of aromatic hydroxyl groups is 2. The summed E-state index contributed by atoms with van der Waals surface area (Å²) in [5, 5.41) is 22.8. The molecule has 4 N–H and O–H groups in total. The monoisotopic (exact) mass is 704 g/mol. The summed E-state index contributed by atoms with van der Waals surface area (Å²) < 4.78 is 72.6. The Bertz CT molecular complexity index is 1170. The molecule has 2 aromatic rings. The zero-order chi connectivity index (χ0) is 31.6. The van der Waals surface area contributed by atoms with Gasteiger partial charge in [0.1, 0.15) is 11.5 Å². The van der Waals surface area contributed by atoms with Gasteiger partial charge in [-0.2, -0.15) is 26.3 Å². The van der Waals surface area contributed by atoms with E-state index in [-0.39, 0.29) is 57.7 Å². The summed E-state index contributed by atoms with van der Waals surface area (Å²) >= 11 is 3.19. The van der Waals surface area contributed by atoms with E-state index in [4.69, 9.17) is 0 Å². The van der Waals surface area contributed by atoms with E-state index in [1.54, 1.807) is 30.3 Å². The summed E-state index contributed by atoms with van der Waals surface area (Å²) in [7, 11) is 0. The minimum Gasteiger partial charge on any atom is -0.508 e. The largest absolute Gasteiger partial charge is 0.508 e. The SMILES string of the molecule is C.C.C.CC(C)(CCCNC(=O)C(F)(F)F)c1ccc(Br)c(O)c1.CC(C)(CCCNC(=O)C(F)(F)F)c1cccc(O)c1. The molecule has 0 saturated heterocycles. The Labute approximate surface area is 265 Å². The predicted octanol–water partition coefficient (Wildman–Crippen LogP) is 8.93. The molecule has 0 aliphatic heterocycles. The standard InChI is InChI=1S/C14H17BrF3NO2.C14H18F3NO2.3CH4/c1-13(2,9-4-5-10(15)11(20)8-9)6-3-7-19-12(21)14(16,17)18;1-13(2,10-5-3-6-11(19)9-10)7-4-8-18-12(20)14(15,16)17;;;/h4-5,8,20H,3,6-7H2,1-2H3,(H,19,21);3,5-6,9,19H,4,7-8H2,1-2H3,(H,18,20);3*1H4. The predicted molar refractivity (Wildman–Crippen MR) is 167 cm³/mol. The number of halogens is 7. The maximum atomic E-state index is 12.0. The highest BCUT2D eigenvalue weighted by molar-refractivity contribution is 9.10. The van der Waals surface area contributed by atoms with E-state index in [0.717, 1.165) is 11.1 Å². The number of phenolic OH excluding ortho intramolecular Hbond substituents is 2. The molecule has 0 unspecified atom stereocenters. The summed E-state index contributed by atoms with van der Waals surface area (Å²) in [6.07, 6.45) is -7.68. The molecule has 0 aromatic heterocycles. The van der Waals surface area contributed by atoms with Crippen LogP contribution in [0.4, 0.5) is 26.3 Å². The number of benzene rings is 2. The van der Waals surface area contributed by atoms with Gasteiger partial charge in [-0.25, -0.2) is 0 Å². The fraction of sp³-hybridized carbons (Fsp3) is 0.548. The van der Waals surface area contributed by atoms with Gasteiger partial charge in [0.15, 0.2) is 0 Å². The lowest BCUT2D eigenvalue weighted by molar-refractivity contribution is -0.173. The van der Waals surface area contributed by atoms with Gasteiger partial charge in [0, 0.05) is 13.1 Å². The molecule has 0 fully saturated rings. The van der Waals surface area contributed by atoms with Crippen LogP contribution in [0.5, 0.6) is 11.5 Å². The molecule has 0 saturated carbocycles. The third-order valence-corrected chi connectivity index (χ3v) is 7.07. The number of carbonyl (C=O) groups excluding carboxylic acids is 2. The van der Waals surface area contributed by atoms with Crippen molar-refractivity contribution in [2.45, 2.75) is 98.8 Å². The topological polar surface area (TPSA) is 98.7 Å². The lowest BCUT2D eigenvalue weighted by Crippen LogP contribution is -2.37. The van der Waals surface area contributed by atoms with Crippen LogP contribution in [-0.2, 0) is 20.4 Å². The first kappa shape index (κ1) is 45.5. The van der Waals surface area contributed by atoms with Crippen molar-refractivity contribution in [3.05, 3.63) is 58.1 Å². The lowest BCUT2D eigenvalue weighted by Gasteiger charge is -2.25. The molecule has 6 nitrogen and oxygen atoms in total. The first-order valence-corrected chi connectivity index (χ1v) is 13.4. The number of alkyl halides is 6. The highest BCUT2D eigenvalue weighted by Crippen LogP contribution is 2.34. The number of hydrogen-bond donors (Lipinski definition) is 4. The molecule has 2 aromatic carbocycles. The highest BCUT2D eigenvalue weighted by Gasteiger charge is 2.39. The van der Waals surface area contributed by atoms with Crippen molar-refractivity contribution in [2.24, 2.45) is 0 Å². The van der Waals surface area contributed by atoms with Crippen molar-refractivity contribution in [1.82, 2.24) is 10.6 Å². The Kier molecular flexibility index (Phi) is 19.4. The quantitative estimate of drug-likeness (QED) is 0.147. The molecule has 0 heterocycles. The van der Waals surface area contributed by atoms with Gasteiger partial charge in [-0.05, 0) is 87.8 Å². The second-order valence-corrected chi connectivity index (χ2v) is 11.6. The Morgan fingerprint density at radius 2 is 1.11 bits per heavy atom. The number of phenols is 2. The number of amides is 2. The Hall–Kier alpha value is -2.96. The van der Waals surface area contributed by atoms with Gasteiger partial charge < -0.3 is 20.8 Å². The molecule has 0 aliphatic rings.